The molecule has 1 heterocycles. The third-order valence-electron chi connectivity index (χ3n) is 3.12. The molecule has 0 amide bonds. The molecule has 0 saturated heterocycles. The van der Waals surface area contributed by atoms with E-state index < -0.39 is 0 Å². The van der Waals surface area contributed by atoms with E-state index in [1.54, 1.807) is 6.20 Å². The molecule has 112 valence electrons. The van der Waals surface area contributed by atoms with Crippen LogP contribution in [0.4, 0.5) is 11.4 Å². The van der Waals surface area contributed by atoms with E-state index in [4.69, 9.17) is 17.0 Å². The number of nitrogens with one attached hydrogen (secondary N) is 3. The third kappa shape index (κ3) is 3.35. The van der Waals surface area contributed by atoms with Gasteiger partial charge in [-0.2, -0.15) is 5.10 Å². The Morgan fingerprint density at radius 2 is 1.86 bits per heavy atom. The highest BCUT2D eigenvalue weighted by Gasteiger charge is 2.02. The molecule has 0 radical (unpaired) electrons. The second kappa shape index (κ2) is 6.44. The fourth-order valence-electron chi connectivity index (χ4n) is 2.11. The summed E-state index contributed by atoms with van der Waals surface area (Å²) < 4.78 is 5.41. The van der Waals surface area contributed by atoms with Crippen molar-refractivity contribution < 1.29 is 4.74 Å². The highest BCUT2D eigenvalue weighted by molar-refractivity contribution is 7.80. The number of nitrogens with zero attached hydrogens (tertiary/aromatic N) is 1. The molecule has 22 heavy (non-hydrogen) atoms. The number of thiocarbonyl (C=S) groups is 1. The molecular weight excluding hydrogens is 296 g/mol. The predicted molar refractivity (Wildman–Crippen MR) is 93.5 cm³/mol. The lowest BCUT2D eigenvalue weighted by atomic mass is 10.2. The fourth-order valence-corrected chi connectivity index (χ4v) is 2.35. The third-order valence-corrected chi connectivity index (χ3v) is 3.33. The Labute approximate surface area is 133 Å². The summed E-state index contributed by atoms with van der Waals surface area (Å²) in [6, 6.07) is 13.6. The first-order valence-electron chi connectivity index (χ1n) is 6.98. The number of aromatic nitrogens is 2. The Morgan fingerprint density at radius 1 is 1.14 bits per heavy atom. The van der Waals surface area contributed by atoms with Crippen molar-refractivity contribution in [2.75, 3.05) is 17.2 Å². The van der Waals surface area contributed by atoms with Gasteiger partial charge in [0.25, 0.3) is 0 Å². The van der Waals surface area contributed by atoms with Gasteiger partial charge in [-0.3, -0.25) is 5.10 Å². The van der Waals surface area contributed by atoms with Crippen LogP contribution in [0, 0.1) is 0 Å². The Kier molecular flexibility index (Phi) is 4.20. The Balaban J connectivity index is 1.63. The van der Waals surface area contributed by atoms with Crippen molar-refractivity contribution in [3.05, 3.63) is 48.7 Å². The van der Waals surface area contributed by atoms with E-state index in [0.29, 0.717) is 11.7 Å². The van der Waals surface area contributed by atoms with Crippen molar-refractivity contribution in [3.63, 3.8) is 0 Å². The summed E-state index contributed by atoms with van der Waals surface area (Å²) in [4.78, 5) is 0. The molecule has 0 spiro atoms. The van der Waals surface area contributed by atoms with Gasteiger partial charge in [0.2, 0.25) is 0 Å². The highest BCUT2D eigenvalue weighted by Crippen LogP contribution is 2.18. The fraction of sp³-hybridized carbons (Fsp3) is 0.125. The first-order chi connectivity index (χ1) is 10.7. The topological polar surface area (TPSA) is 62.0 Å². The number of rotatable bonds is 4. The molecular formula is C16H16N4OS. The molecule has 0 aliphatic heterocycles. The summed E-state index contributed by atoms with van der Waals surface area (Å²) in [6.45, 7) is 2.62. The van der Waals surface area contributed by atoms with Crippen molar-refractivity contribution in [3.8, 4) is 5.75 Å². The van der Waals surface area contributed by atoms with E-state index in [0.717, 1.165) is 28.0 Å². The van der Waals surface area contributed by atoms with Crippen LogP contribution in [0.1, 0.15) is 6.92 Å². The van der Waals surface area contributed by atoms with Gasteiger partial charge in [0.1, 0.15) is 5.75 Å². The predicted octanol–water partition coefficient (Wildman–Crippen LogP) is 3.77. The summed E-state index contributed by atoms with van der Waals surface area (Å²) in [5.41, 5.74) is 2.78. The van der Waals surface area contributed by atoms with Gasteiger partial charge in [0.15, 0.2) is 5.11 Å². The number of anilines is 2. The zero-order chi connectivity index (χ0) is 15.4. The van der Waals surface area contributed by atoms with E-state index >= 15 is 0 Å². The van der Waals surface area contributed by atoms with Crippen molar-refractivity contribution >= 4 is 39.6 Å². The molecule has 0 atom stereocenters. The SMILES string of the molecule is CCOc1ccc(NC(=S)Nc2ccc3cn[nH]c3c2)cc1. The molecule has 0 aliphatic carbocycles. The molecule has 0 bridgehead atoms. The lowest BCUT2D eigenvalue weighted by Crippen LogP contribution is -2.18. The van der Waals surface area contributed by atoms with E-state index in [-0.39, 0.29) is 0 Å². The molecule has 6 heteroatoms. The second-order valence-corrected chi connectivity index (χ2v) is 5.12. The molecule has 2 aromatic carbocycles. The van der Waals surface area contributed by atoms with Gasteiger partial charge in [0, 0.05) is 16.8 Å². The minimum Gasteiger partial charge on any atom is -0.494 e. The minimum absolute atomic E-state index is 0.531. The zero-order valence-electron chi connectivity index (χ0n) is 12.1. The monoisotopic (exact) mass is 312 g/mol. The Morgan fingerprint density at radius 3 is 2.64 bits per heavy atom. The van der Waals surface area contributed by atoms with Gasteiger partial charge >= 0.3 is 0 Å². The summed E-state index contributed by atoms with van der Waals surface area (Å²) in [5.74, 6) is 0.844. The van der Waals surface area contributed by atoms with Crippen LogP contribution in [-0.2, 0) is 0 Å². The zero-order valence-corrected chi connectivity index (χ0v) is 12.9. The molecule has 3 aromatic rings. The van der Waals surface area contributed by atoms with Crippen LogP contribution >= 0.6 is 12.2 Å². The smallest absolute Gasteiger partial charge is 0.175 e. The average Bonchev–Trinajstić information content (AvgIpc) is 2.97. The molecule has 0 aliphatic rings. The number of benzene rings is 2. The lowest BCUT2D eigenvalue weighted by Gasteiger charge is -2.11. The summed E-state index contributed by atoms with van der Waals surface area (Å²) in [6.07, 6.45) is 1.79. The molecule has 0 fully saturated rings. The average molecular weight is 312 g/mol. The first-order valence-corrected chi connectivity index (χ1v) is 7.39. The van der Waals surface area contributed by atoms with Crippen LogP contribution in [-0.4, -0.2) is 21.9 Å². The Bertz CT molecular complexity index is 782. The summed E-state index contributed by atoms with van der Waals surface area (Å²) in [7, 11) is 0. The van der Waals surface area contributed by atoms with Crippen molar-refractivity contribution in [2.45, 2.75) is 6.92 Å². The number of hydrogen-bond donors (Lipinski definition) is 3. The van der Waals surface area contributed by atoms with Crippen LogP contribution in [0.3, 0.4) is 0 Å². The number of aromatic amines is 1. The second-order valence-electron chi connectivity index (χ2n) is 4.71. The molecule has 3 N–H and O–H groups in total. The quantitative estimate of drug-likeness (QED) is 0.640. The van der Waals surface area contributed by atoms with E-state index in [1.807, 2.05) is 49.4 Å². The Hall–Kier alpha value is -2.60. The number of hydrogen-bond acceptors (Lipinski definition) is 3. The largest absolute Gasteiger partial charge is 0.494 e. The maximum Gasteiger partial charge on any atom is 0.175 e. The van der Waals surface area contributed by atoms with E-state index in [1.165, 1.54) is 0 Å². The van der Waals surface area contributed by atoms with Crippen LogP contribution < -0.4 is 15.4 Å². The van der Waals surface area contributed by atoms with Gasteiger partial charge in [0.05, 0.1) is 18.3 Å². The molecule has 0 unspecified atom stereocenters. The lowest BCUT2D eigenvalue weighted by molar-refractivity contribution is 0.340. The van der Waals surface area contributed by atoms with Gasteiger partial charge in [-0.25, -0.2) is 0 Å². The van der Waals surface area contributed by atoms with E-state index in [9.17, 15) is 0 Å². The number of ether oxygens (including phenoxy) is 1. The van der Waals surface area contributed by atoms with Crippen molar-refractivity contribution in [2.24, 2.45) is 0 Å². The maximum atomic E-state index is 5.41. The van der Waals surface area contributed by atoms with E-state index in [2.05, 4.69) is 20.8 Å². The van der Waals surface area contributed by atoms with Gasteiger partial charge in [-0.1, -0.05) is 0 Å². The van der Waals surface area contributed by atoms with Crippen LogP contribution in [0.15, 0.2) is 48.7 Å². The van der Waals surface area contributed by atoms with Crippen molar-refractivity contribution in [1.82, 2.24) is 10.2 Å². The first kappa shape index (κ1) is 14.3. The highest BCUT2D eigenvalue weighted by atomic mass is 32.1. The number of fused-ring (bicyclic) bond motifs is 1. The standard InChI is InChI=1S/C16H16N4OS/c1-2-21-14-7-5-12(6-8-14)18-16(22)19-13-4-3-11-10-17-20-15(11)9-13/h3-10H,2H2,1H3,(H,17,20)(H2,18,19,22). The van der Waals surface area contributed by atoms with Crippen LogP contribution in [0.5, 0.6) is 5.75 Å². The van der Waals surface area contributed by atoms with Gasteiger partial charge in [-0.05, 0) is 61.6 Å². The molecule has 5 nitrogen and oxygen atoms in total. The van der Waals surface area contributed by atoms with Gasteiger partial charge in [-0.15, -0.1) is 0 Å². The molecule has 3 rings (SSSR count). The maximum absolute atomic E-state index is 5.41. The minimum atomic E-state index is 0.531. The summed E-state index contributed by atoms with van der Waals surface area (Å²) in [5, 5.41) is 14.8. The van der Waals surface area contributed by atoms with Crippen LogP contribution in [0.2, 0.25) is 0 Å². The molecule has 1 aromatic heterocycles. The van der Waals surface area contributed by atoms with Gasteiger partial charge < -0.3 is 15.4 Å². The normalized spacial score (nSPS) is 10.4. The molecule has 0 saturated carbocycles. The number of H-pyrrole nitrogens is 1. The summed E-state index contributed by atoms with van der Waals surface area (Å²) >= 11 is 5.32. The van der Waals surface area contributed by atoms with Crippen molar-refractivity contribution in [1.29, 1.82) is 0 Å². The van der Waals surface area contributed by atoms with Crippen LogP contribution in [0.25, 0.3) is 10.9 Å².